The Morgan fingerprint density at radius 1 is 1.41 bits per heavy atom. The maximum atomic E-state index is 11.3. The van der Waals surface area contributed by atoms with E-state index >= 15 is 0 Å². The second-order valence-corrected chi connectivity index (χ2v) is 6.22. The Balaban J connectivity index is 1.81. The molecule has 1 atom stereocenters. The fourth-order valence-corrected chi connectivity index (χ4v) is 3.52. The van der Waals surface area contributed by atoms with Crippen LogP contribution in [0, 0.1) is 0 Å². The molecule has 1 aliphatic rings. The molecule has 0 aromatic carbocycles. The fourth-order valence-electron chi connectivity index (χ4n) is 1.84. The second-order valence-electron chi connectivity index (χ2n) is 3.99. The molecule has 2 aromatic rings. The number of nitrogens with one attached hydrogen (secondary N) is 1. The van der Waals surface area contributed by atoms with Gasteiger partial charge in [-0.15, -0.1) is 14.8 Å². The topological polar surface area (TPSA) is 102 Å². The Hall–Kier alpha value is -1.77. The molecule has 3 heterocycles. The van der Waals surface area contributed by atoms with Crippen LogP contribution in [0.1, 0.15) is 6.42 Å². The fraction of sp³-hybridized carbons (Fsp3) is 0.500. The van der Waals surface area contributed by atoms with Crippen LogP contribution in [-0.2, 0) is 9.84 Å². The quantitative estimate of drug-likeness (QED) is 0.742. The van der Waals surface area contributed by atoms with E-state index in [1.54, 1.807) is 12.1 Å². The van der Waals surface area contributed by atoms with Crippen molar-refractivity contribution in [2.24, 2.45) is 0 Å². The van der Waals surface area contributed by atoms with Crippen LogP contribution in [-0.4, -0.2) is 51.2 Å². The van der Waals surface area contributed by atoms with Crippen molar-refractivity contribution in [3.05, 3.63) is 12.1 Å². The highest BCUT2D eigenvalue weighted by Gasteiger charge is 2.27. The monoisotopic (exact) mass is 254 g/mol. The van der Waals surface area contributed by atoms with Crippen LogP contribution in [0.4, 0.5) is 5.82 Å². The van der Waals surface area contributed by atoms with Crippen molar-refractivity contribution in [2.75, 3.05) is 16.8 Å². The third kappa shape index (κ3) is 2.05. The summed E-state index contributed by atoms with van der Waals surface area (Å²) >= 11 is 0. The molecule has 2 aromatic heterocycles. The summed E-state index contributed by atoms with van der Waals surface area (Å²) in [5.41, 5.74) is 0.551. The molecule has 0 amide bonds. The van der Waals surface area contributed by atoms with E-state index in [9.17, 15) is 8.42 Å². The Morgan fingerprint density at radius 3 is 3.06 bits per heavy atom. The maximum absolute atomic E-state index is 11.3. The zero-order valence-corrected chi connectivity index (χ0v) is 9.63. The third-order valence-corrected chi connectivity index (χ3v) is 4.42. The van der Waals surface area contributed by atoms with Crippen LogP contribution < -0.4 is 5.32 Å². The lowest BCUT2D eigenvalue weighted by molar-refractivity contribution is 0.602. The first-order chi connectivity index (χ1) is 8.12. The highest BCUT2D eigenvalue weighted by atomic mass is 32.2. The highest BCUT2D eigenvalue weighted by Crippen LogP contribution is 2.15. The molecule has 0 spiro atoms. The number of hydrogen-bond acceptors (Lipinski definition) is 7. The van der Waals surface area contributed by atoms with Gasteiger partial charge >= 0.3 is 0 Å². The predicted octanol–water partition coefficient (Wildman–Crippen LogP) is -0.882. The molecule has 1 saturated heterocycles. The van der Waals surface area contributed by atoms with Crippen LogP contribution in [0.25, 0.3) is 5.65 Å². The number of tetrazole rings is 1. The summed E-state index contributed by atoms with van der Waals surface area (Å²) in [6.45, 7) is 0. The molecule has 0 unspecified atom stereocenters. The average Bonchev–Trinajstić information content (AvgIpc) is 2.84. The molecular formula is C8H10N6O2S. The lowest BCUT2D eigenvalue weighted by Gasteiger charge is -2.10. The molecule has 17 heavy (non-hydrogen) atoms. The van der Waals surface area contributed by atoms with Crippen LogP contribution in [0.5, 0.6) is 0 Å². The van der Waals surface area contributed by atoms with Crippen LogP contribution in [0.2, 0.25) is 0 Å². The normalized spacial score (nSPS) is 22.9. The van der Waals surface area contributed by atoms with Gasteiger partial charge in [-0.25, -0.2) is 8.42 Å². The van der Waals surface area contributed by atoms with Gasteiger partial charge in [-0.1, -0.05) is 0 Å². The van der Waals surface area contributed by atoms with E-state index in [1.807, 2.05) is 0 Å². The van der Waals surface area contributed by atoms with Crippen molar-refractivity contribution in [1.29, 1.82) is 0 Å². The minimum absolute atomic E-state index is 0.0820. The standard InChI is InChI=1S/C8H10N6O2S/c15-17(16)4-3-6(5-17)9-7-1-2-8-10-12-13-14(8)11-7/h1-2,6H,3-5H2,(H,9,11)/t6-/m0/s1. The number of nitrogens with zero attached hydrogens (tertiary/aromatic N) is 5. The summed E-state index contributed by atoms with van der Waals surface area (Å²) in [7, 11) is -2.88. The SMILES string of the molecule is O=S1(=O)CC[C@H](Nc2ccc3nnnn3n2)C1. The molecule has 0 bridgehead atoms. The predicted molar refractivity (Wildman–Crippen MR) is 59.3 cm³/mol. The summed E-state index contributed by atoms with van der Waals surface area (Å²) in [6.07, 6.45) is 0.609. The Morgan fingerprint density at radius 2 is 2.29 bits per heavy atom. The Kier molecular flexibility index (Phi) is 2.21. The first kappa shape index (κ1) is 10.4. The van der Waals surface area contributed by atoms with Crippen molar-refractivity contribution < 1.29 is 8.42 Å². The van der Waals surface area contributed by atoms with Crippen molar-refractivity contribution >= 4 is 21.3 Å². The minimum Gasteiger partial charge on any atom is -0.365 e. The zero-order chi connectivity index (χ0) is 11.9. The Bertz CT molecular complexity index is 651. The molecule has 3 rings (SSSR count). The van der Waals surface area contributed by atoms with Gasteiger partial charge in [-0.2, -0.15) is 0 Å². The van der Waals surface area contributed by atoms with E-state index in [4.69, 9.17) is 0 Å². The van der Waals surface area contributed by atoms with Gasteiger partial charge in [0.05, 0.1) is 11.5 Å². The lowest BCUT2D eigenvalue weighted by atomic mass is 10.2. The van der Waals surface area contributed by atoms with Crippen molar-refractivity contribution in [3.8, 4) is 0 Å². The van der Waals surface area contributed by atoms with E-state index in [0.29, 0.717) is 17.9 Å². The summed E-state index contributed by atoms with van der Waals surface area (Å²) in [4.78, 5) is 0. The van der Waals surface area contributed by atoms with Crippen molar-refractivity contribution in [2.45, 2.75) is 12.5 Å². The van der Waals surface area contributed by atoms with Gasteiger partial charge in [-0.3, -0.25) is 0 Å². The first-order valence-electron chi connectivity index (χ1n) is 5.15. The van der Waals surface area contributed by atoms with Crippen molar-refractivity contribution in [1.82, 2.24) is 25.3 Å². The molecule has 1 aliphatic heterocycles. The molecule has 0 aliphatic carbocycles. The van der Waals surface area contributed by atoms with Gasteiger partial charge in [-0.05, 0) is 29.0 Å². The number of hydrogen-bond donors (Lipinski definition) is 1. The largest absolute Gasteiger partial charge is 0.365 e. The molecule has 1 fully saturated rings. The maximum Gasteiger partial charge on any atom is 0.200 e. The van der Waals surface area contributed by atoms with Crippen molar-refractivity contribution in [3.63, 3.8) is 0 Å². The van der Waals surface area contributed by atoms with Crippen LogP contribution >= 0.6 is 0 Å². The highest BCUT2D eigenvalue weighted by molar-refractivity contribution is 7.91. The van der Waals surface area contributed by atoms with Gasteiger partial charge in [0.15, 0.2) is 15.5 Å². The van der Waals surface area contributed by atoms with E-state index < -0.39 is 9.84 Å². The van der Waals surface area contributed by atoms with Crippen LogP contribution in [0.15, 0.2) is 12.1 Å². The van der Waals surface area contributed by atoms with E-state index in [2.05, 4.69) is 25.9 Å². The molecule has 0 radical (unpaired) electrons. The molecule has 8 nitrogen and oxygen atoms in total. The third-order valence-electron chi connectivity index (χ3n) is 2.65. The summed E-state index contributed by atoms with van der Waals surface area (Å²) in [6, 6.07) is 3.37. The molecular weight excluding hydrogens is 244 g/mol. The van der Waals surface area contributed by atoms with Gasteiger partial charge in [0.1, 0.15) is 5.82 Å². The van der Waals surface area contributed by atoms with Gasteiger partial charge in [0.2, 0.25) is 0 Å². The van der Waals surface area contributed by atoms with E-state index in [-0.39, 0.29) is 17.5 Å². The molecule has 1 N–H and O–H groups in total. The lowest BCUT2D eigenvalue weighted by Crippen LogP contribution is -2.21. The van der Waals surface area contributed by atoms with E-state index in [1.165, 1.54) is 4.63 Å². The zero-order valence-electron chi connectivity index (χ0n) is 8.81. The molecule has 90 valence electrons. The van der Waals surface area contributed by atoms with Gasteiger partial charge in [0, 0.05) is 6.04 Å². The van der Waals surface area contributed by atoms with E-state index in [0.717, 1.165) is 0 Å². The summed E-state index contributed by atoms with van der Waals surface area (Å²) < 4.78 is 23.9. The van der Waals surface area contributed by atoms with Gasteiger partial charge < -0.3 is 5.32 Å². The minimum atomic E-state index is -2.88. The smallest absolute Gasteiger partial charge is 0.200 e. The number of sulfone groups is 1. The summed E-state index contributed by atoms with van der Waals surface area (Å²) in [5, 5.41) is 18.1. The average molecular weight is 254 g/mol. The van der Waals surface area contributed by atoms with Gasteiger partial charge in [0.25, 0.3) is 0 Å². The number of aromatic nitrogens is 5. The Labute approximate surface area is 96.9 Å². The molecule has 0 saturated carbocycles. The van der Waals surface area contributed by atoms with Crippen LogP contribution in [0.3, 0.4) is 0 Å². The second kappa shape index (κ2) is 3.62. The number of fused-ring (bicyclic) bond motifs is 1. The number of rotatable bonds is 2. The summed E-state index contributed by atoms with van der Waals surface area (Å²) in [5.74, 6) is 0.965. The molecule has 9 heteroatoms. The first-order valence-corrected chi connectivity index (χ1v) is 6.97. The number of anilines is 1.